The topological polar surface area (TPSA) is 87.1 Å². The van der Waals surface area contributed by atoms with Crippen molar-refractivity contribution in [3.8, 4) is 0 Å². The van der Waals surface area contributed by atoms with E-state index in [9.17, 15) is 18.4 Å². The normalized spacial score (nSPS) is 10.9. The molecule has 2 amide bonds. The number of rotatable bonds is 4. The number of benzene rings is 2. The molecule has 0 aliphatic carbocycles. The van der Waals surface area contributed by atoms with Gasteiger partial charge in [-0.2, -0.15) is 0 Å². The molecule has 0 aliphatic rings. The highest BCUT2D eigenvalue weighted by molar-refractivity contribution is 6.07. The number of aromatic nitrogens is 1. The van der Waals surface area contributed by atoms with Crippen molar-refractivity contribution in [2.45, 2.75) is 13.8 Å². The Hall–Kier alpha value is -3.94. The van der Waals surface area contributed by atoms with Crippen LogP contribution in [0.2, 0.25) is 0 Å². The number of fused-ring (bicyclic) bond motifs is 1. The van der Waals surface area contributed by atoms with E-state index in [1.807, 2.05) is 0 Å². The molecule has 2 aromatic carbocycles. The third kappa shape index (κ3) is 3.67. The molecular weight excluding hydrogens is 392 g/mol. The third-order valence-electron chi connectivity index (χ3n) is 4.73. The Bertz CT molecular complexity index is 1290. The summed E-state index contributed by atoms with van der Waals surface area (Å²) in [7, 11) is 0. The fourth-order valence-corrected chi connectivity index (χ4v) is 3.20. The number of halogens is 2. The number of hydrogen-bond acceptors (Lipinski definition) is 3. The van der Waals surface area contributed by atoms with Crippen molar-refractivity contribution in [3.05, 3.63) is 82.9 Å². The van der Waals surface area contributed by atoms with E-state index in [1.54, 1.807) is 19.9 Å². The van der Waals surface area contributed by atoms with Crippen molar-refractivity contribution >= 4 is 34.1 Å². The molecule has 0 aliphatic heterocycles. The Morgan fingerprint density at radius 1 is 0.967 bits per heavy atom. The van der Waals surface area contributed by atoms with Gasteiger partial charge in [0, 0.05) is 16.6 Å². The first-order valence-electron chi connectivity index (χ1n) is 9.07. The molecule has 4 rings (SSSR count). The summed E-state index contributed by atoms with van der Waals surface area (Å²) in [5.74, 6) is -1.67. The highest BCUT2D eigenvalue weighted by Gasteiger charge is 2.16. The predicted octanol–water partition coefficient (Wildman–Crippen LogP) is 5.16. The predicted molar refractivity (Wildman–Crippen MR) is 109 cm³/mol. The van der Waals surface area contributed by atoms with Gasteiger partial charge in [0.25, 0.3) is 11.8 Å². The van der Waals surface area contributed by atoms with Crippen molar-refractivity contribution in [1.29, 1.82) is 0 Å². The smallest absolute Gasteiger partial charge is 0.272 e. The maximum absolute atomic E-state index is 14.2. The summed E-state index contributed by atoms with van der Waals surface area (Å²) >= 11 is 0. The molecule has 6 nitrogen and oxygen atoms in total. The van der Waals surface area contributed by atoms with Gasteiger partial charge in [0.1, 0.15) is 23.1 Å². The Morgan fingerprint density at radius 2 is 1.77 bits per heavy atom. The van der Waals surface area contributed by atoms with E-state index in [2.05, 4.69) is 15.6 Å². The van der Waals surface area contributed by atoms with Crippen molar-refractivity contribution in [3.63, 3.8) is 0 Å². The number of amides is 2. The maximum atomic E-state index is 14.2. The largest absolute Gasteiger partial charge is 0.469 e. The minimum absolute atomic E-state index is 0.0898. The van der Waals surface area contributed by atoms with Crippen molar-refractivity contribution in [1.82, 2.24) is 4.98 Å². The van der Waals surface area contributed by atoms with Crippen LogP contribution in [0.5, 0.6) is 0 Å². The van der Waals surface area contributed by atoms with Crippen LogP contribution >= 0.6 is 0 Å². The minimum atomic E-state index is -0.654. The van der Waals surface area contributed by atoms with E-state index in [0.717, 1.165) is 11.5 Å². The van der Waals surface area contributed by atoms with Gasteiger partial charge >= 0.3 is 0 Å². The average Bonchev–Trinajstić information content (AvgIpc) is 3.30. The van der Waals surface area contributed by atoms with Crippen molar-refractivity contribution in [2.75, 3.05) is 10.6 Å². The van der Waals surface area contributed by atoms with E-state index in [1.165, 1.54) is 36.6 Å². The lowest BCUT2D eigenvalue weighted by atomic mass is 10.1. The van der Waals surface area contributed by atoms with E-state index in [-0.39, 0.29) is 22.6 Å². The number of hydrogen-bond donors (Lipinski definition) is 3. The molecule has 0 bridgehead atoms. The first-order valence-corrected chi connectivity index (χ1v) is 9.07. The van der Waals surface area contributed by atoms with Crippen molar-refractivity contribution in [2.24, 2.45) is 0 Å². The Balaban J connectivity index is 1.56. The number of aryl methyl sites for hydroxylation is 2. The molecule has 0 saturated heterocycles. The van der Waals surface area contributed by atoms with Gasteiger partial charge in [-0.15, -0.1) is 0 Å². The van der Waals surface area contributed by atoms with E-state index >= 15 is 0 Å². The number of nitrogens with one attached hydrogen (secondary N) is 3. The summed E-state index contributed by atoms with van der Waals surface area (Å²) in [6, 6.07) is 9.62. The Labute approximate surface area is 169 Å². The zero-order valence-electron chi connectivity index (χ0n) is 16.1. The number of carbonyl (C=O) groups excluding carboxylic acids is 2. The van der Waals surface area contributed by atoms with Gasteiger partial charge in [0.05, 0.1) is 17.5 Å². The fraction of sp³-hybridized carbons (Fsp3) is 0.0909. The summed E-state index contributed by atoms with van der Waals surface area (Å²) in [5, 5.41) is 5.83. The zero-order chi connectivity index (χ0) is 21.4. The van der Waals surface area contributed by atoms with Crippen LogP contribution in [0.3, 0.4) is 0 Å². The van der Waals surface area contributed by atoms with Gasteiger partial charge in [-0.1, -0.05) is 0 Å². The Morgan fingerprint density at radius 3 is 2.50 bits per heavy atom. The van der Waals surface area contributed by atoms with Gasteiger partial charge in [0.2, 0.25) is 0 Å². The standard InChI is InChI=1S/C22H17F2N3O3/c1-11-7-13(23)8-18-16(11)10-20(26-18)22(29)25-14-3-4-17(24)19(9-14)27-21(28)15-5-6-30-12(15)2/h3-10,26H,1-2H3,(H,25,29)(H,27,28). The second kappa shape index (κ2) is 7.47. The third-order valence-corrected chi connectivity index (χ3v) is 4.73. The number of anilines is 2. The van der Waals surface area contributed by atoms with Crippen LogP contribution in [0.4, 0.5) is 20.2 Å². The van der Waals surface area contributed by atoms with Crippen LogP contribution in [-0.2, 0) is 0 Å². The number of aromatic amines is 1. The second-order valence-corrected chi connectivity index (χ2v) is 6.86. The molecule has 30 heavy (non-hydrogen) atoms. The summed E-state index contributed by atoms with van der Waals surface area (Å²) in [6.45, 7) is 3.37. The Kier molecular flexibility index (Phi) is 4.83. The fourth-order valence-electron chi connectivity index (χ4n) is 3.20. The zero-order valence-corrected chi connectivity index (χ0v) is 16.1. The van der Waals surface area contributed by atoms with E-state index in [0.29, 0.717) is 16.8 Å². The molecule has 3 N–H and O–H groups in total. The molecule has 0 unspecified atom stereocenters. The van der Waals surface area contributed by atoms with Gasteiger partial charge in [-0.05, 0) is 61.9 Å². The van der Waals surface area contributed by atoms with Crippen molar-refractivity contribution < 1.29 is 22.8 Å². The van der Waals surface area contributed by atoms with Crippen LogP contribution in [0.15, 0.2) is 53.1 Å². The lowest BCUT2D eigenvalue weighted by Crippen LogP contribution is -2.15. The number of furan rings is 1. The first-order chi connectivity index (χ1) is 14.3. The summed E-state index contributed by atoms with van der Waals surface area (Å²) in [4.78, 5) is 27.8. The molecule has 0 spiro atoms. The molecule has 0 saturated carbocycles. The molecule has 0 atom stereocenters. The lowest BCUT2D eigenvalue weighted by Gasteiger charge is -2.09. The first kappa shape index (κ1) is 19.4. The summed E-state index contributed by atoms with van der Waals surface area (Å²) in [6.07, 6.45) is 1.37. The highest BCUT2D eigenvalue weighted by atomic mass is 19.1. The second-order valence-electron chi connectivity index (χ2n) is 6.86. The van der Waals surface area contributed by atoms with Crippen LogP contribution in [0, 0.1) is 25.5 Å². The van der Waals surface area contributed by atoms with E-state index < -0.39 is 23.4 Å². The molecule has 0 fully saturated rings. The molecular formula is C22H17F2N3O3. The van der Waals surface area contributed by atoms with E-state index in [4.69, 9.17) is 4.42 Å². The molecule has 2 aromatic heterocycles. The quantitative estimate of drug-likeness (QED) is 0.435. The molecule has 152 valence electrons. The highest BCUT2D eigenvalue weighted by Crippen LogP contribution is 2.24. The molecule has 4 aromatic rings. The van der Waals surface area contributed by atoms with Gasteiger partial charge < -0.3 is 20.0 Å². The lowest BCUT2D eigenvalue weighted by molar-refractivity contribution is 0.101. The number of carbonyl (C=O) groups is 2. The van der Waals surface area contributed by atoms with Crippen LogP contribution in [0.25, 0.3) is 10.9 Å². The monoisotopic (exact) mass is 409 g/mol. The number of H-pyrrole nitrogens is 1. The maximum Gasteiger partial charge on any atom is 0.272 e. The van der Waals surface area contributed by atoms with Gasteiger partial charge in [-0.3, -0.25) is 9.59 Å². The molecule has 0 radical (unpaired) electrons. The van der Waals surface area contributed by atoms with Gasteiger partial charge in [0.15, 0.2) is 0 Å². The summed E-state index contributed by atoms with van der Waals surface area (Å²) < 4.78 is 32.8. The van der Waals surface area contributed by atoms with Crippen LogP contribution < -0.4 is 10.6 Å². The average molecular weight is 409 g/mol. The summed E-state index contributed by atoms with van der Waals surface area (Å²) in [5.41, 5.74) is 1.89. The minimum Gasteiger partial charge on any atom is -0.469 e. The van der Waals surface area contributed by atoms with Gasteiger partial charge in [-0.25, -0.2) is 8.78 Å². The van der Waals surface area contributed by atoms with Crippen LogP contribution in [-0.4, -0.2) is 16.8 Å². The molecule has 8 heteroatoms. The SMILES string of the molecule is Cc1occc1C(=O)Nc1cc(NC(=O)c2cc3c(C)cc(F)cc3[nH]2)ccc1F. The molecule has 2 heterocycles. The van der Waals surface area contributed by atoms with Crippen LogP contribution in [0.1, 0.15) is 32.2 Å².